The Morgan fingerprint density at radius 3 is 2.45 bits per heavy atom. The van der Waals surface area contributed by atoms with Crippen LogP contribution in [0.2, 0.25) is 0 Å². The fourth-order valence-corrected chi connectivity index (χ4v) is 8.78. The Morgan fingerprint density at radius 2 is 1.77 bits per heavy atom. The molecule has 1 aliphatic carbocycles. The normalized spacial score (nSPS) is 39.9. The summed E-state index contributed by atoms with van der Waals surface area (Å²) >= 11 is 6.40. The van der Waals surface area contributed by atoms with Gasteiger partial charge in [0.05, 0.1) is 17.5 Å². The summed E-state index contributed by atoms with van der Waals surface area (Å²) in [7, 11) is -2.85. The number of halogens is 1. The minimum Gasteiger partial charge on any atom is -0.393 e. The van der Waals surface area contributed by atoms with Gasteiger partial charge in [0, 0.05) is 22.4 Å². The first-order valence-electron chi connectivity index (χ1n) is 7.21. The van der Waals surface area contributed by atoms with Crippen LogP contribution in [0.3, 0.4) is 0 Å². The lowest BCUT2D eigenvalue weighted by atomic mass is 9.74. The second-order valence-electron chi connectivity index (χ2n) is 6.19. The number of hydrogen-bond donors (Lipinski definition) is 0. The van der Waals surface area contributed by atoms with Crippen LogP contribution in [0.1, 0.15) is 6.92 Å². The molecule has 0 radical (unpaired) electrons. The summed E-state index contributed by atoms with van der Waals surface area (Å²) in [5, 5.41) is 1.33. The molecule has 0 amide bonds. The maximum atomic E-state index is 13.8. The summed E-state index contributed by atoms with van der Waals surface area (Å²) in [5.74, 6) is -2.67. The maximum Gasteiger partial charge on any atom is 0.318 e. The largest absolute Gasteiger partial charge is 0.393 e. The van der Waals surface area contributed by atoms with Gasteiger partial charge in [-0.2, -0.15) is 0 Å². The topological polar surface area (TPSA) is 60.4 Å². The van der Waals surface area contributed by atoms with E-state index in [1.54, 1.807) is 0 Å². The third-order valence-corrected chi connectivity index (χ3v) is 9.46. The van der Waals surface area contributed by atoms with Crippen LogP contribution < -0.4 is 5.30 Å². The highest BCUT2D eigenvalue weighted by Crippen LogP contribution is 2.69. The molecule has 6 heteroatoms. The zero-order valence-corrected chi connectivity index (χ0v) is 13.5. The van der Waals surface area contributed by atoms with Gasteiger partial charge in [-0.3, -0.25) is 9.59 Å². The minimum atomic E-state index is -2.85. The van der Waals surface area contributed by atoms with Gasteiger partial charge in [0.1, 0.15) is 7.14 Å². The zero-order chi connectivity index (χ0) is 15.6. The predicted molar refractivity (Wildman–Crippen MR) is 82.5 cm³/mol. The molecule has 3 heterocycles. The number of allylic oxidation sites excluding steroid dienone is 2. The fraction of sp³-hybridized carbons (Fsp3) is 0.375. The zero-order valence-electron chi connectivity index (χ0n) is 11.9. The number of esters is 2. The van der Waals surface area contributed by atoms with Crippen LogP contribution >= 0.6 is 18.7 Å². The van der Waals surface area contributed by atoms with Gasteiger partial charge in [0.25, 0.3) is 0 Å². The van der Waals surface area contributed by atoms with Gasteiger partial charge in [-0.05, 0) is 12.5 Å². The quantitative estimate of drug-likeness (QED) is 0.449. The van der Waals surface area contributed by atoms with E-state index in [4.69, 9.17) is 16.3 Å². The van der Waals surface area contributed by atoms with Gasteiger partial charge < -0.3 is 9.30 Å². The minimum absolute atomic E-state index is 0.335. The Labute approximate surface area is 132 Å². The van der Waals surface area contributed by atoms with Crippen molar-refractivity contribution in [2.75, 3.05) is 6.16 Å². The molecule has 2 saturated heterocycles. The lowest BCUT2D eigenvalue weighted by Crippen LogP contribution is -2.49. The number of cyclic esters (lactones) is 2. The summed E-state index contributed by atoms with van der Waals surface area (Å²) in [6.45, 7) is 1.82. The molecule has 4 aliphatic rings. The predicted octanol–water partition coefficient (Wildman–Crippen LogP) is 2.52. The van der Waals surface area contributed by atoms with E-state index in [2.05, 4.69) is 0 Å². The Kier molecular flexibility index (Phi) is 2.95. The highest BCUT2D eigenvalue weighted by molar-refractivity contribution is 7.72. The average molecular weight is 337 g/mol. The second kappa shape index (κ2) is 4.56. The van der Waals surface area contributed by atoms with Crippen LogP contribution in [0.15, 0.2) is 40.9 Å². The maximum absolute atomic E-state index is 13.8. The molecule has 5 atom stereocenters. The van der Waals surface area contributed by atoms with Crippen molar-refractivity contribution in [1.82, 2.24) is 0 Å². The molecular formula is C16H14ClO4P. The molecule has 4 nitrogen and oxygen atoms in total. The highest BCUT2D eigenvalue weighted by Gasteiger charge is 2.65. The van der Waals surface area contributed by atoms with Crippen molar-refractivity contribution in [2.24, 2.45) is 17.8 Å². The van der Waals surface area contributed by atoms with E-state index in [0.29, 0.717) is 11.2 Å². The molecule has 2 bridgehead atoms. The summed E-state index contributed by atoms with van der Waals surface area (Å²) in [5.41, 5.74) is 0.259. The van der Waals surface area contributed by atoms with Crippen LogP contribution in [-0.2, 0) is 18.9 Å². The molecule has 3 aliphatic heterocycles. The Hall–Kier alpha value is -1.38. The molecule has 5 unspecified atom stereocenters. The van der Waals surface area contributed by atoms with Crippen molar-refractivity contribution in [2.45, 2.75) is 12.6 Å². The van der Waals surface area contributed by atoms with E-state index in [0.717, 1.165) is 10.9 Å². The first-order chi connectivity index (χ1) is 10.4. The molecule has 0 aromatic heterocycles. The molecule has 1 aromatic carbocycles. The van der Waals surface area contributed by atoms with Gasteiger partial charge in [0.15, 0.2) is 0 Å². The van der Waals surface area contributed by atoms with Crippen LogP contribution in [0.5, 0.6) is 0 Å². The molecule has 5 rings (SSSR count). The van der Waals surface area contributed by atoms with Crippen molar-refractivity contribution in [3.8, 4) is 0 Å². The second-order valence-corrected chi connectivity index (χ2v) is 9.62. The Morgan fingerprint density at radius 1 is 1.14 bits per heavy atom. The first kappa shape index (κ1) is 14.2. The summed E-state index contributed by atoms with van der Waals surface area (Å²) in [6, 6.07) is 9.21. The summed E-state index contributed by atoms with van der Waals surface area (Å²) < 4.78 is 18.6. The molecular weight excluding hydrogens is 323 g/mol. The Balaban J connectivity index is 1.93. The molecule has 2 fully saturated rings. The van der Waals surface area contributed by atoms with Crippen molar-refractivity contribution < 1.29 is 18.9 Å². The number of carbonyl (C=O) groups is 2. The van der Waals surface area contributed by atoms with Gasteiger partial charge in [-0.25, -0.2) is 0 Å². The molecule has 22 heavy (non-hydrogen) atoms. The summed E-state index contributed by atoms with van der Waals surface area (Å²) in [4.78, 5) is 24.1. The van der Waals surface area contributed by atoms with Crippen molar-refractivity contribution in [3.63, 3.8) is 0 Å². The number of benzene rings is 1. The first-order valence-corrected chi connectivity index (χ1v) is 9.55. The number of carbonyl (C=O) groups excluding carboxylic acids is 2. The van der Waals surface area contributed by atoms with Gasteiger partial charge in [-0.15, -0.1) is 0 Å². The standard InChI is InChI=1S/C16H14ClO4P/c1-8-13(17)10-7-22(20,9-5-3-2-4-6-9)14(8)12-11(10)15(18)21-16(12)19/h2-6,10-12,14H,7H2,1H3. The van der Waals surface area contributed by atoms with E-state index in [9.17, 15) is 14.2 Å². The van der Waals surface area contributed by atoms with E-state index >= 15 is 0 Å². The van der Waals surface area contributed by atoms with Crippen LogP contribution in [-0.4, -0.2) is 23.8 Å². The third kappa shape index (κ3) is 1.63. The highest BCUT2D eigenvalue weighted by atomic mass is 35.5. The van der Waals surface area contributed by atoms with Crippen LogP contribution in [0.4, 0.5) is 0 Å². The van der Waals surface area contributed by atoms with Crippen molar-refractivity contribution in [3.05, 3.63) is 40.9 Å². The monoisotopic (exact) mass is 336 g/mol. The van der Waals surface area contributed by atoms with Gasteiger partial charge >= 0.3 is 11.9 Å². The lowest BCUT2D eigenvalue weighted by molar-refractivity contribution is -0.153. The number of rotatable bonds is 1. The number of hydrogen-bond acceptors (Lipinski definition) is 4. The molecule has 114 valence electrons. The van der Waals surface area contributed by atoms with E-state index in [1.807, 2.05) is 37.3 Å². The van der Waals surface area contributed by atoms with E-state index < -0.39 is 36.6 Å². The fourth-order valence-electron chi connectivity index (χ4n) is 4.25. The SMILES string of the molecule is CC1=C(Cl)C2CP(=O)(c3ccccc3)C1C1C(=O)OC(=O)C21. The average Bonchev–Trinajstić information content (AvgIpc) is 2.80. The van der Waals surface area contributed by atoms with Crippen molar-refractivity contribution >= 4 is 36.0 Å². The van der Waals surface area contributed by atoms with Crippen LogP contribution in [0.25, 0.3) is 0 Å². The number of ether oxygens (including phenoxy) is 1. The third-order valence-electron chi connectivity index (χ3n) is 5.16. The van der Waals surface area contributed by atoms with Crippen molar-refractivity contribution in [1.29, 1.82) is 0 Å². The van der Waals surface area contributed by atoms with Gasteiger partial charge in [-0.1, -0.05) is 41.9 Å². The Bertz CT molecular complexity index is 770. The molecule has 0 N–H and O–H groups in total. The molecule has 0 spiro atoms. The van der Waals surface area contributed by atoms with Crippen LogP contribution in [0, 0.1) is 17.8 Å². The van der Waals surface area contributed by atoms with E-state index in [-0.39, 0.29) is 5.92 Å². The smallest absolute Gasteiger partial charge is 0.318 e. The van der Waals surface area contributed by atoms with E-state index in [1.165, 1.54) is 0 Å². The molecule has 1 aromatic rings. The number of fused-ring (bicyclic) bond motifs is 1. The lowest BCUT2D eigenvalue weighted by Gasteiger charge is -2.47. The molecule has 0 saturated carbocycles. The van der Waals surface area contributed by atoms with Gasteiger partial charge in [0.2, 0.25) is 0 Å². The summed E-state index contributed by atoms with van der Waals surface area (Å²) in [6.07, 6.45) is 0.335.